The molecule has 4 rings (SSSR count). The average Bonchev–Trinajstić information content (AvgIpc) is 3.26. The van der Waals surface area contributed by atoms with Crippen LogP contribution in [-0.4, -0.2) is 20.6 Å². The van der Waals surface area contributed by atoms with E-state index in [1.54, 1.807) is 35.2 Å². The van der Waals surface area contributed by atoms with E-state index in [0.29, 0.717) is 36.5 Å². The predicted octanol–water partition coefficient (Wildman–Crippen LogP) is 4.20. The van der Waals surface area contributed by atoms with E-state index in [1.165, 1.54) is 6.07 Å². The first kappa shape index (κ1) is 24.4. The normalized spacial score (nSPS) is 11.8. The third-order valence-electron chi connectivity index (χ3n) is 5.66. The number of nitrogens with zero attached hydrogens (tertiary/aromatic N) is 3. The number of pyridine rings is 2. The van der Waals surface area contributed by atoms with Crippen LogP contribution in [0.2, 0.25) is 0 Å². The van der Waals surface area contributed by atoms with Gasteiger partial charge in [-0.15, -0.1) is 0 Å². The van der Waals surface area contributed by atoms with E-state index in [0.717, 1.165) is 27.8 Å². The Balaban J connectivity index is 1.36. The smallest absolute Gasteiger partial charge is 0.251 e. The molecule has 3 N–H and O–H groups in total. The fourth-order valence-corrected chi connectivity index (χ4v) is 3.67. The molecule has 0 unspecified atom stereocenters. The zero-order chi connectivity index (χ0) is 25.5. The number of carbonyl (C=O) groups is 1. The van der Waals surface area contributed by atoms with Gasteiger partial charge >= 0.3 is 0 Å². The maximum Gasteiger partial charge on any atom is 0.251 e. The molecular formula is C28H27N5O3. The van der Waals surface area contributed by atoms with Crippen LogP contribution in [0.3, 0.4) is 0 Å². The minimum absolute atomic E-state index is 0.0687. The number of aromatic nitrogens is 3. The number of benzene rings is 1. The highest BCUT2D eigenvalue weighted by Gasteiger charge is 2.10. The summed E-state index contributed by atoms with van der Waals surface area (Å²) in [5, 5.41) is 7.41. The number of amides is 1. The molecule has 0 saturated carbocycles. The number of rotatable bonds is 9. The van der Waals surface area contributed by atoms with Crippen LogP contribution >= 0.6 is 0 Å². The maximum atomic E-state index is 12.7. The number of fused-ring (bicyclic) bond motifs is 1. The number of carbonyl (C=O) groups excluding carboxylic acids is 1. The molecule has 0 aliphatic carbocycles. The van der Waals surface area contributed by atoms with Crippen LogP contribution < -0.4 is 16.6 Å². The molecule has 4 aromatic rings. The number of nitrogens with one attached hydrogen (secondary N) is 1. The largest absolute Gasteiger partial charge is 0.380 e. The van der Waals surface area contributed by atoms with Crippen molar-refractivity contribution in [2.75, 3.05) is 5.73 Å². The summed E-state index contributed by atoms with van der Waals surface area (Å²) < 4.78 is 6.79. The van der Waals surface area contributed by atoms with Gasteiger partial charge in [0.25, 0.3) is 11.5 Å². The lowest BCUT2D eigenvalue weighted by Gasteiger charge is -2.08. The van der Waals surface area contributed by atoms with Gasteiger partial charge in [-0.1, -0.05) is 42.1 Å². The number of nitrogen functional groups attached to an aromatic ring is 1. The lowest BCUT2D eigenvalue weighted by Crippen LogP contribution is -2.23. The van der Waals surface area contributed by atoms with Crippen LogP contribution in [0.5, 0.6) is 0 Å². The molecule has 8 heteroatoms. The SMILES string of the molecule is C=C(/C=C\C(=C/C)Cc1cc(C(=O)NCc2ccc3c(N)noc3c2)ccn1)Cn1ccccc1=O. The van der Waals surface area contributed by atoms with Gasteiger partial charge in [0.05, 0.1) is 5.39 Å². The Bertz CT molecular complexity index is 1530. The molecule has 8 nitrogen and oxygen atoms in total. The molecule has 0 spiro atoms. The molecule has 1 amide bonds. The molecule has 3 aromatic heterocycles. The number of anilines is 1. The third kappa shape index (κ3) is 6.04. The maximum absolute atomic E-state index is 12.7. The summed E-state index contributed by atoms with van der Waals surface area (Å²) in [4.78, 5) is 29.1. The van der Waals surface area contributed by atoms with E-state index in [1.807, 2.05) is 49.4 Å². The van der Waals surface area contributed by atoms with Crippen LogP contribution in [0, 0.1) is 0 Å². The fourth-order valence-electron chi connectivity index (χ4n) is 3.67. The van der Waals surface area contributed by atoms with Gasteiger partial charge in [0.2, 0.25) is 0 Å². The van der Waals surface area contributed by atoms with Crippen molar-refractivity contribution in [1.29, 1.82) is 0 Å². The standard InChI is InChI=1S/C28H27N5O3/c1-3-20(8-7-19(2)18-33-13-5-4-6-26(33)34)14-23-16-22(11-12-30-23)28(35)31-17-21-9-10-24-25(15-21)36-32-27(24)29/h3-13,15-16H,2,14,17-18H2,1H3,(H2,29,32)(H,31,35)/b8-7-,20-3+. The number of hydrogen-bond donors (Lipinski definition) is 2. The van der Waals surface area contributed by atoms with Crippen molar-refractivity contribution < 1.29 is 9.32 Å². The molecular weight excluding hydrogens is 454 g/mol. The minimum atomic E-state index is -0.199. The Hall–Kier alpha value is -4.72. The van der Waals surface area contributed by atoms with Gasteiger partial charge in [0, 0.05) is 49.2 Å². The Kier molecular flexibility index (Phi) is 7.55. The van der Waals surface area contributed by atoms with E-state index in [9.17, 15) is 9.59 Å². The highest BCUT2D eigenvalue weighted by atomic mass is 16.5. The summed E-state index contributed by atoms with van der Waals surface area (Å²) in [6, 6.07) is 14.0. The average molecular weight is 482 g/mol. The first-order chi connectivity index (χ1) is 17.4. The molecule has 0 aliphatic heterocycles. The van der Waals surface area contributed by atoms with Crippen LogP contribution in [0.1, 0.15) is 28.5 Å². The van der Waals surface area contributed by atoms with Crippen molar-refractivity contribution in [1.82, 2.24) is 20.0 Å². The summed E-state index contributed by atoms with van der Waals surface area (Å²) >= 11 is 0. The first-order valence-corrected chi connectivity index (χ1v) is 11.5. The monoisotopic (exact) mass is 481 g/mol. The van der Waals surface area contributed by atoms with Gasteiger partial charge in [0.15, 0.2) is 11.4 Å². The van der Waals surface area contributed by atoms with Crippen molar-refractivity contribution in [3.63, 3.8) is 0 Å². The van der Waals surface area contributed by atoms with Crippen LogP contribution in [0.4, 0.5) is 5.82 Å². The Labute approximate surface area is 208 Å². The second-order valence-corrected chi connectivity index (χ2v) is 8.32. The molecule has 36 heavy (non-hydrogen) atoms. The molecule has 182 valence electrons. The number of allylic oxidation sites excluding steroid dienone is 5. The van der Waals surface area contributed by atoms with Gasteiger partial charge in [-0.3, -0.25) is 14.6 Å². The molecule has 0 atom stereocenters. The summed E-state index contributed by atoms with van der Waals surface area (Å²) in [6.45, 7) is 6.74. The van der Waals surface area contributed by atoms with Crippen LogP contribution in [0.15, 0.2) is 106 Å². The van der Waals surface area contributed by atoms with Crippen LogP contribution in [0.25, 0.3) is 11.0 Å². The summed E-state index contributed by atoms with van der Waals surface area (Å²) in [5.74, 6) is 0.145. The quantitative estimate of drug-likeness (QED) is 0.346. The lowest BCUT2D eigenvalue weighted by atomic mass is 10.1. The Morgan fingerprint density at radius 1 is 1.19 bits per heavy atom. The van der Waals surface area contributed by atoms with E-state index >= 15 is 0 Å². The Morgan fingerprint density at radius 3 is 2.86 bits per heavy atom. The first-order valence-electron chi connectivity index (χ1n) is 11.5. The second kappa shape index (κ2) is 11.1. The molecule has 0 fully saturated rings. The molecule has 1 aromatic carbocycles. The minimum Gasteiger partial charge on any atom is -0.380 e. The van der Waals surface area contributed by atoms with E-state index in [2.05, 4.69) is 22.0 Å². The predicted molar refractivity (Wildman–Crippen MR) is 140 cm³/mol. The van der Waals surface area contributed by atoms with E-state index in [4.69, 9.17) is 10.3 Å². The van der Waals surface area contributed by atoms with Crippen molar-refractivity contribution in [2.24, 2.45) is 0 Å². The number of hydrogen-bond acceptors (Lipinski definition) is 6. The number of nitrogens with two attached hydrogens (primary N) is 1. The molecule has 0 radical (unpaired) electrons. The Morgan fingerprint density at radius 2 is 2.06 bits per heavy atom. The molecule has 3 heterocycles. The van der Waals surface area contributed by atoms with Crippen molar-refractivity contribution in [3.05, 3.63) is 124 Å². The summed E-state index contributed by atoms with van der Waals surface area (Å²) in [6.07, 6.45) is 9.75. The van der Waals surface area contributed by atoms with Gasteiger partial charge in [-0.05, 0) is 54.0 Å². The molecule has 0 saturated heterocycles. The van der Waals surface area contributed by atoms with E-state index in [-0.39, 0.29) is 11.5 Å². The second-order valence-electron chi connectivity index (χ2n) is 8.32. The molecule has 0 bridgehead atoms. The third-order valence-corrected chi connectivity index (χ3v) is 5.66. The molecule has 0 aliphatic rings. The van der Waals surface area contributed by atoms with Crippen molar-refractivity contribution >= 4 is 22.7 Å². The topological polar surface area (TPSA) is 116 Å². The van der Waals surface area contributed by atoms with Gasteiger partial charge in [-0.2, -0.15) is 0 Å². The van der Waals surface area contributed by atoms with E-state index < -0.39 is 0 Å². The van der Waals surface area contributed by atoms with Gasteiger partial charge < -0.3 is 20.1 Å². The highest BCUT2D eigenvalue weighted by Crippen LogP contribution is 2.21. The highest BCUT2D eigenvalue weighted by molar-refractivity contribution is 5.94. The van der Waals surface area contributed by atoms with Crippen molar-refractivity contribution in [2.45, 2.75) is 26.4 Å². The van der Waals surface area contributed by atoms with Crippen LogP contribution in [-0.2, 0) is 19.5 Å². The fraction of sp³-hybridized carbons (Fsp3) is 0.143. The van der Waals surface area contributed by atoms with Gasteiger partial charge in [0.1, 0.15) is 0 Å². The zero-order valence-electron chi connectivity index (χ0n) is 20.0. The summed E-state index contributed by atoms with van der Waals surface area (Å²) in [5.41, 5.74) is 10.2. The van der Waals surface area contributed by atoms with Gasteiger partial charge in [-0.25, -0.2) is 0 Å². The zero-order valence-corrected chi connectivity index (χ0v) is 20.0. The van der Waals surface area contributed by atoms with Crippen molar-refractivity contribution in [3.8, 4) is 0 Å². The lowest BCUT2D eigenvalue weighted by molar-refractivity contribution is 0.0950. The summed E-state index contributed by atoms with van der Waals surface area (Å²) in [7, 11) is 0.